The number of halogens is 1. The zero-order valence-electron chi connectivity index (χ0n) is 20.0. The van der Waals surface area contributed by atoms with Gasteiger partial charge in [0.2, 0.25) is 0 Å². The van der Waals surface area contributed by atoms with Gasteiger partial charge in [0.05, 0.1) is 41.0 Å². The molecule has 6 rings (SSSR count). The van der Waals surface area contributed by atoms with Crippen LogP contribution < -0.4 is 5.73 Å². The summed E-state index contributed by atoms with van der Waals surface area (Å²) >= 11 is 0. The molecule has 0 saturated heterocycles. The van der Waals surface area contributed by atoms with Gasteiger partial charge in [-0.25, -0.2) is 9.37 Å². The lowest BCUT2D eigenvalue weighted by Crippen LogP contribution is -2.28. The van der Waals surface area contributed by atoms with Crippen LogP contribution >= 0.6 is 0 Å². The van der Waals surface area contributed by atoms with Gasteiger partial charge in [-0.1, -0.05) is 12.1 Å². The molecular formula is C28H26FN7. The van der Waals surface area contributed by atoms with Crippen molar-refractivity contribution in [2.24, 2.45) is 18.7 Å². The van der Waals surface area contributed by atoms with E-state index in [-0.39, 0.29) is 5.56 Å². The van der Waals surface area contributed by atoms with Crippen molar-refractivity contribution in [3.05, 3.63) is 66.5 Å². The van der Waals surface area contributed by atoms with Crippen LogP contribution in [0.15, 0.2) is 55.1 Å². The van der Waals surface area contributed by atoms with Gasteiger partial charge in [-0.3, -0.25) is 9.67 Å². The van der Waals surface area contributed by atoms with Crippen molar-refractivity contribution in [3.8, 4) is 28.5 Å². The van der Waals surface area contributed by atoms with E-state index >= 15 is 0 Å². The van der Waals surface area contributed by atoms with Crippen molar-refractivity contribution in [2.45, 2.75) is 38.3 Å². The number of pyridine rings is 1. The normalized spacial score (nSPS) is 18.1. The predicted molar refractivity (Wildman–Crippen MR) is 137 cm³/mol. The summed E-state index contributed by atoms with van der Waals surface area (Å²) in [4.78, 5) is 9.68. The van der Waals surface area contributed by atoms with Gasteiger partial charge in [-0.2, -0.15) is 10.4 Å². The van der Waals surface area contributed by atoms with Crippen LogP contribution in [0.3, 0.4) is 0 Å². The maximum atomic E-state index is 14.7. The second-order valence-corrected chi connectivity index (χ2v) is 9.74. The molecule has 3 heterocycles. The Morgan fingerprint density at radius 3 is 2.61 bits per heavy atom. The molecule has 2 aromatic carbocycles. The van der Waals surface area contributed by atoms with Gasteiger partial charge in [0, 0.05) is 36.1 Å². The largest absolute Gasteiger partial charge is 0.329 e. The number of hydrogen-bond donors (Lipinski definition) is 1. The van der Waals surface area contributed by atoms with E-state index in [1.807, 2.05) is 54.7 Å². The molecule has 0 amide bonds. The number of rotatable bonds is 4. The molecule has 0 spiro atoms. The molecule has 0 radical (unpaired) electrons. The summed E-state index contributed by atoms with van der Waals surface area (Å²) in [5, 5.41) is 14.6. The molecule has 3 aromatic heterocycles. The highest BCUT2D eigenvalue weighted by Crippen LogP contribution is 2.38. The Labute approximate surface area is 208 Å². The van der Waals surface area contributed by atoms with E-state index < -0.39 is 5.82 Å². The Kier molecular flexibility index (Phi) is 5.50. The molecule has 0 atom stereocenters. The Morgan fingerprint density at radius 2 is 1.83 bits per heavy atom. The highest BCUT2D eigenvalue weighted by atomic mass is 19.1. The van der Waals surface area contributed by atoms with Gasteiger partial charge in [0.25, 0.3) is 0 Å². The molecule has 5 aromatic rings. The first-order valence-electron chi connectivity index (χ1n) is 12.2. The summed E-state index contributed by atoms with van der Waals surface area (Å²) < 4.78 is 18.7. The average Bonchev–Trinajstić information content (AvgIpc) is 3.47. The number of fused-ring (bicyclic) bond motifs is 2. The summed E-state index contributed by atoms with van der Waals surface area (Å²) in [7, 11) is 1.91. The van der Waals surface area contributed by atoms with Crippen LogP contribution in [-0.4, -0.2) is 30.4 Å². The lowest BCUT2D eigenvalue weighted by atomic mass is 9.86. The van der Waals surface area contributed by atoms with Crippen LogP contribution in [0.25, 0.3) is 44.3 Å². The molecular weight excluding hydrogens is 453 g/mol. The van der Waals surface area contributed by atoms with Crippen molar-refractivity contribution in [3.63, 3.8) is 0 Å². The van der Waals surface area contributed by atoms with Crippen molar-refractivity contribution < 1.29 is 4.39 Å². The van der Waals surface area contributed by atoms with Gasteiger partial charge in [0.15, 0.2) is 0 Å². The number of nitrogens with zero attached hydrogens (tertiary/aromatic N) is 6. The molecule has 1 aliphatic rings. The molecule has 8 heteroatoms. The maximum absolute atomic E-state index is 14.7. The van der Waals surface area contributed by atoms with Crippen LogP contribution in [0.1, 0.15) is 31.2 Å². The van der Waals surface area contributed by atoms with E-state index in [1.54, 1.807) is 6.07 Å². The van der Waals surface area contributed by atoms with Gasteiger partial charge < -0.3 is 10.3 Å². The Morgan fingerprint density at radius 1 is 1.03 bits per heavy atom. The number of aryl methyl sites for hydroxylation is 1. The van der Waals surface area contributed by atoms with Crippen molar-refractivity contribution >= 4 is 21.9 Å². The third-order valence-electron chi connectivity index (χ3n) is 7.41. The zero-order valence-corrected chi connectivity index (χ0v) is 20.0. The number of nitriles is 1. The molecule has 2 N–H and O–H groups in total. The number of nitrogens with two attached hydrogens (primary N) is 1. The number of aromatic nitrogens is 5. The fourth-order valence-corrected chi connectivity index (χ4v) is 5.38. The Balaban J connectivity index is 1.51. The molecule has 1 saturated carbocycles. The van der Waals surface area contributed by atoms with Gasteiger partial charge in [-0.15, -0.1) is 0 Å². The summed E-state index contributed by atoms with van der Waals surface area (Å²) in [5.74, 6) is -0.00990. The van der Waals surface area contributed by atoms with Crippen LogP contribution in [0.5, 0.6) is 0 Å². The third-order valence-corrected chi connectivity index (χ3v) is 7.41. The van der Waals surface area contributed by atoms with Crippen molar-refractivity contribution in [2.75, 3.05) is 0 Å². The quantitative estimate of drug-likeness (QED) is 0.383. The Hall–Kier alpha value is -4.09. The van der Waals surface area contributed by atoms with E-state index in [9.17, 15) is 9.65 Å². The summed E-state index contributed by atoms with van der Waals surface area (Å²) in [6.07, 6.45) is 9.85. The second kappa shape index (κ2) is 8.85. The minimum Gasteiger partial charge on any atom is -0.329 e. The standard InChI is InChI=1S/C28H26FN7/c1-35-24-9-6-19(10-21(24)13-34-35)27-26(18-4-5-20(12-30)23(29)11-18)28-25(14-32-27)36(16-33-28)15-17-2-7-22(31)8-3-17/h4-6,9-11,13-14,16-17,22H,2-3,7-8,15,31H2,1H3. The predicted octanol–water partition coefficient (Wildman–Crippen LogP) is 5.18. The maximum Gasteiger partial charge on any atom is 0.141 e. The lowest BCUT2D eigenvalue weighted by molar-refractivity contribution is 0.297. The zero-order chi connectivity index (χ0) is 24.8. The molecule has 0 bridgehead atoms. The molecule has 0 aliphatic heterocycles. The molecule has 180 valence electrons. The highest BCUT2D eigenvalue weighted by Gasteiger charge is 2.22. The van der Waals surface area contributed by atoms with E-state index in [0.717, 1.165) is 65.3 Å². The van der Waals surface area contributed by atoms with E-state index in [2.05, 4.69) is 9.67 Å². The minimum absolute atomic E-state index is 0.0123. The third kappa shape index (κ3) is 3.82. The van der Waals surface area contributed by atoms with Crippen LogP contribution in [0.2, 0.25) is 0 Å². The first-order chi connectivity index (χ1) is 17.5. The summed E-state index contributed by atoms with van der Waals surface area (Å²) in [6, 6.07) is 13.0. The van der Waals surface area contributed by atoms with E-state index in [1.165, 1.54) is 12.1 Å². The van der Waals surface area contributed by atoms with Gasteiger partial charge >= 0.3 is 0 Å². The number of hydrogen-bond acceptors (Lipinski definition) is 5. The monoisotopic (exact) mass is 479 g/mol. The average molecular weight is 480 g/mol. The molecule has 7 nitrogen and oxygen atoms in total. The van der Waals surface area contributed by atoms with Crippen LogP contribution in [0.4, 0.5) is 4.39 Å². The minimum atomic E-state index is -0.557. The Bertz CT molecular complexity index is 1630. The molecule has 1 aliphatic carbocycles. The van der Waals surface area contributed by atoms with E-state index in [0.29, 0.717) is 23.2 Å². The first kappa shape index (κ1) is 22.4. The molecule has 36 heavy (non-hydrogen) atoms. The number of benzene rings is 2. The van der Waals surface area contributed by atoms with E-state index in [4.69, 9.17) is 15.7 Å². The lowest BCUT2D eigenvalue weighted by Gasteiger charge is -2.26. The second-order valence-electron chi connectivity index (χ2n) is 9.74. The SMILES string of the molecule is Cn1ncc2cc(-c3ncc4c(ncn4CC4CCC(N)CC4)c3-c3ccc(C#N)c(F)c3)ccc21. The van der Waals surface area contributed by atoms with Gasteiger partial charge in [0.1, 0.15) is 17.4 Å². The summed E-state index contributed by atoms with van der Waals surface area (Å²) in [6.45, 7) is 0.854. The van der Waals surface area contributed by atoms with Crippen LogP contribution in [0, 0.1) is 23.1 Å². The first-order valence-corrected chi connectivity index (χ1v) is 12.2. The van der Waals surface area contributed by atoms with Crippen LogP contribution in [-0.2, 0) is 13.6 Å². The topological polar surface area (TPSA) is 98.3 Å². The summed E-state index contributed by atoms with van der Waals surface area (Å²) in [5.41, 5.74) is 11.8. The molecule has 0 unspecified atom stereocenters. The van der Waals surface area contributed by atoms with Crippen molar-refractivity contribution in [1.29, 1.82) is 5.26 Å². The molecule has 1 fully saturated rings. The number of imidazole rings is 1. The highest BCUT2D eigenvalue weighted by molar-refractivity contribution is 6.00. The van der Waals surface area contributed by atoms with Crippen molar-refractivity contribution in [1.82, 2.24) is 24.3 Å². The van der Waals surface area contributed by atoms with Gasteiger partial charge in [-0.05, 0) is 61.4 Å². The fraction of sp³-hybridized carbons (Fsp3) is 0.286. The smallest absolute Gasteiger partial charge is 0.141 e. The fourth-order valence-electron chi connectivity index (χ4n) is 5.38.